The molecule has 2 aromatic rings. The van der Waals surface area contributed by atoms with E-state index < -0.39 is 16.9 Å². The minimum atomic E-state index is -1.58. The summed E-state index contributed by atoms with van der Waals surface area (Å²) in [6.07, 6.45) is -0.456. The highest BCUT2D eigenvalue weighted by atomic mass is 32.2. The second kappa shape index (κ2) is 7.52. The number of rotatable bonds is 6. The van der Waals surface area contributed by atoms with Crippen LogP contribution in [0.25, 0.3) is 0 Å². The quantitative estimate of drug-likeness (QED) is 0.872. The SMILES string of the molecule is CC[C@@H](O)c1c(OC)nnc(OC)c1S(=O)c1ccc(C)cc1. The van der Waals surface area contributed by atoms with Crippen molar-refractivity contribution in [1.29, 1.82) is 0 Å². The molecular formula is C16H20N2O4S. The molecule has 23 heavy (non-hydrogen) atoms. The van der Waals surface area contributed by atoms with Gasteiger partial charge >= 0.3 is 0 Å². The average Bonchev–Trinajstić information content (AvgIpc) is 2.59. The standard InChI is InChI=1S/C16H20N2O4S/c1-5-12(19)13-14(16(22-4)18-17-15(13)21-3)23(20)11-8-6-10(2)7-9-11/h6-9,12,19H,5H2,1-4H3/t12-,23?/m1/s1. The lowest BCUT2D eigenvalue weighted by Gasteiger charge is -2.18. The Morgan fingerprint density at radius 3 is 2.22 bits per heavy atom. The van der Waals surface area contributed by atoms with E-state index in [4.69, 9.17) is 9.47 Å². The minimum absolute atomic E-state index is 0.118. The molecule has 1 N–H and O–H groups in total. The number of hydrogen-bond donors (Lipinski definition) is 1. The largest absolute Gasteiger partial charge is 0.480 e. The second-order valence-electron chi connectivity index (χ2n) is 4.97. The zero-order chi connectivity index (χ0) is 17.0. The monoisotopic (exact) mass is 336 g/mol. The van der Waals surface area contributed by atoms with E-state index in [1.165, 1.54) is 14.2 Å². The first-order valence-electron chi connectivity index (χ1n) is 7.18. The molecule has 0 fully saturated rings. The predicted octanol–water partition coefficient (Wildman–Crippen LogP) is 2.41. The van der Waals surface area contributed by atoms with Gasteiger partial charge < -0.3 is 14.6 Å². The molecule has 0 bridgehead atoms. The first kappa shape index (κ1) is 17.4. The van der Waals surface area contributed by atoms with Gasteiger partial charge in [-0.15, -0.1) is 10.2 Å². The summed E-state index contributed by atoms with van der Waals surface area (Å²) in [5, 5.41) is 18.1. The van der Waals surface area contributed by atoms with E-state index in [1.54, 1.807) is 12.1 Å². The molecule has 124 valence electrons. The first-order valence-corrected chi connectivity index (χ1v) is 8.33. The molecule has 7 heteroatoms. The number of aliphatic hydroxyl groups is 1. The molecule has 0 aliphatic rings. The van der Waals surface area contributed by atoms with Gasteiger partial charge in [-0.3, -0.25) is 0 Å². The number of aryl methyl sites for hydroxylation is 1. The van der Waals surface area contributed by atoms with Gasteiger partial charge in [0, 0.05) is 4.90 Å². The number of hydrogen-bond acceptors (Lipinski definition) is 6. The fourth-order valence-corrected chi connectivity index (χ4v) is 3.47. The smallest absolute Gasteiger partial charge is 0.250 e. The first-order chi connectivity index (χ1) is 11.0. The van der Waals surface area contributed by atoms with E-state index in [0.717, 1.165) is 5.56 Å². The number of aromatic nitrogens is 2. The van der Waals surface area contributed by atoms with E-state index >= 15 is 0 Å². The van der Waals surface area contributed by atoms with Gasteiger partial charge in [-0.1, -0.05) is 24.6 Å². The van der Waals surface area contributed by atoms with Crippen LogP contribution in [0.15, 0.2) is 34.1 Å². The van der Waals surface area contributed by atoms with Crippen LogP contribution in [-0.4, -0.2) is 33.7 Å². The number of nitrogens with zero attached hydrogens (tertiary/aromatic N) is 2. The molecule has 2 atom stereocenters. The van der Waals surface area contributed by atoms with Gasteiger partial charge in [-0.2, -0.15) is 0 Å². The van der Waals surface area contributed by atoms with E-state index in [0.29, 0.717) is 16.9 Å². The molecule has 1 unspecified atom stereocenters. The Labute approximate surface area is 137 Å². The van der Waals surface area contributed by atoms with Crippen LogP contribution in [-0.2, 0) is 10.8 Å². The third-order valence-electron chi connectivity index (χ3n) is 3.43. The average molecular weight is 336 g/mol. The number of ether oxygens (including phenoxy) is 2. The predicted molar refractivity (Wildman–Crippen MR) is 86.2 cm³/mol. The minimum Gasteiger partial charge on any atom is -0.480 e. The summed E-state index contributed by atoms with van der Waals surface area (Å²) >= 11 is 0. The number of benzene rings is 1. The molecule has 1 aromatic heterocycles. The summed E-state index contributed by atoms with van der Waals surface area (Å²) in [5.74, 6) is 0.267. The summed E-state index contributed by atoms with van der Waals surface area (Å²) in [7, 11) is 1.28. The van der Waals surface area contributed by atoms with Gasteiger partial charge in [0.2, 0.25) is 5.88 Å². The van der Waals surface area contributed by atoms with Crippen molar-refractivity contribution in [1.82, 2.24) is 10.2 Å². The van der Waals surface area contributed by atoms with Crippen LogP contribution in [0.1, 0.15) is 30.6 Å². The summed E-state index contributed by atoms with van der Waals surface area (Å²) in [4.78, 5) is 0.881. The second-order valence-corrected chi connectivity index (χ2v) is 6.38. The fraction of sp³-hybridized carbons (Fsp3) is 0.375. The summed E-state index contributed by atoms with van der Waals surface area (Å²) in [6, 6.07) is 7.31. The van der Waals surface area contributed by atoms with E-state index in [9.17, 15) is 9.32 Å². The molecule has 0 aliphatic carbocycles. The highest BCUT2D eigenvalue weighted by Gasteiger charge is 2.28. The summed E-state index contributed by atoms with van der Waals surface area (Å²) in [5.41, 5.74) is 1.41. The Morgan fingerprint density at radius 1 is 1.13 bits per heavy atom. The van der Waals surface area contributed by atoms with Gasteiger partial charge in [-0.05, 0) is 25.5 Å². The van der Waals surface area contributed by atoms with Crippen LogP contribution < -0.4 is 9.47 Å². The van der Waals surface area contributed by atoms with Crippen LogP contribution in [0.3, 0.4) is 0 Å². The molecule has 0 spiro atoms. The third kappa shape index (κ3) is 3.51. The van der Waals surface area contributed by atoms with Crippen molar-refractivity contribution in [3.8, 4) is 11.8 Å². The van der Waals surface area contributed by atoms with E-state index in [1.807, 2.05) is 26.0 Å². The van der Waals surface area contributed by atoms with Crippen molar-refractivity contribution in [2.24, 2.45) is 0 Å². The zero-order valence-corrected chi connectivity index (χ0v) is 14.4. The van der Waals surface area contributed by atoms with Crippen molar-refractivity contribution in [2.45, 2.75) is 36.2 Å². The van der Waals surface area contributed by atoms with E-state index in [2.05, 4.69) is 10.2 Å². The van der Waals surface area contributed by atoms with Crippen molar-refractivity contribution in [3.05, 3.63) is 35.4 Å². The lowest BCUT2D eigenvalue weighted by molar-refractivity contribution is 0.163. The van der Waals surface area contributed by atoms with Gasteiger partial charge in [0.05, 0.1) is 36.7 Å². The van der Waals surface area contributed by atoms with Crippen molar-refractivity contribution in [3.63, 3.8) is 0 Å². The molecular weight excluding hydrogens is 316 g/mol. The summed E-state index contributed by atoms with van der Waals surface area (Å²) in [6.45, 7) is 3.77. The van der Waals surface area contributed by atoms with E-state index in [-0.39, 0.29) is 16.7 Å². The lowest BCUT2D eigenvalue weighted by Crippen LogP contribution is -2.11. The van der Waals surface area contributed by atoms with Crippen molar-refractivity contribution >= 4 is 10.8 Å². The molecule has 0 saturated heterocycles. The van der Waals surface area contributed by atoms with Crippen LogP contribution in [0, 0.1) is 6.92 Å². The summed E-state index contributed by atoms with van der Waals surface area (Å²) < 4.78 is 23.4. The van der Waals surface area contributed by atoms with Gasteiger partial charge in [0.1, 0.15) is 4.90 Å². The molecule has 0 aliphatic heterocycles. The molecule has 0 amide bonds. The number of aliphatic hydroxyl groups excluding tert-OH is 1. The lowest BCUT2D eigenvalue weighted by atomic mass is 10.1. The van der Waals surface area contributed by atoms with Crippen molar-refractivity contribution < 1.29 is 18.8 Å². The molecule has 1 heterocycles. The van der Waals surface area contributed by atoms with Crippen LogP contribution in [0.5, 0.6) is 11.8 Å². The highest BCUT2D eigenvalue weighted by Crippen LogP contribution is 2.37. The molecule has 1 aromatic carbocycles. The Hall–Kier alpha value is -1.99. The van der Waals surface area contributed by atoms with Gasteiger partial charge in [0.15, 0.2) is 0 Å². The van der Waals surface area contributed by atoms with Crippen LogP contribution in [0.4, 0.5) is 0 Å². The number of methoxy groups -OCH3 is 2. The van der Waals surface area contributed by atoms with Crippen molar-refractivity contribution in [2.75, 3.05) is 14.2 Å². The molecule has 6 nitrogen and oxygen atoms in total. The maximum Gasteiger partial charge on any atom is 0.250 e. The van der Waals surface area contributed by atoms with Crippen LogP contribution >= 0.6 is 0 Å². The van der Waals surface area contributed by atoms with Gasteiger partial charge in [-0.25, -0.2) is 4.21 Å². The molecule has 0 radical (unpaired) electrons. The maximum atomic E-state index is 13.0. The normalized spacial score (nSPS) is 13.4. The maximum absolute atomic E-state index is 13.0. The fourth-order valence-electron chi connectivity index (χ4n) is 2.14. The Morgan fingerprint density at radius 2 is 1.70 bits per heavy atom. The Bertz CT molecular complexity index is 704. The Kier molecular flexibility index (Phi) is 5.68. The highest BCUT2D eigenvalue weighted by molar-refractivity contribution is 7.85. The topological polar surface area (TPSA) is 81.5 Å². The Balaban J connectivity index is 2.66. The molecule has 2 rings (SSSR count). The zero-order valence-electron chi connectivity index (χ0n) is 13.6. The third-order valence-corrected chi connectivity index (χ3v) is 4.89. The van der Waals surface area contributed by atoms with Crippen LogP contribution in [0.2, 0.25) is 0 Å². The molecule has 0 saturated carbocycles. The van der Waals surface area contributed by atoms with Gasteiger partial charge in [0.25, 0.3) is 5.88 Å².